The van der Waals surface area contributed by atoms with Crippen LogP contribution in [-0.4, -0.2) is 63.8 Å². The van der Waals surface area contributed by atoms with Crippen molar-refractivity contribution in [2.75, 3.05) is 55.7 Å². The fourth-order valence-corrected chi connectivity index (χ4v) is 6.92. The number of sulfonamides is 1. The molecule has 0 radical (unpaired) electrons. The molecule has 2 aromatic heterocycles. The molecule has 3 N–H and O–H groups in total. The molecule has 5 aromatic carbocycles. The highest BCUT2D eigenvalue weighted by Crippen LogP contribution is 2.33. The topological polar surface area (TPSA) is 158 Å². The summed E-state index contributed by atoms with van der Waals surface area (Å²) in [6.45, 7) is 3.71. The minimum absolute atomic E-state index is 0.138. The number of rotatable bonds is 10. The molecular formula is C41H42N8O5S. The number of hydrogen-bond donors (Lipinski definition) is 2. The average Bonchev–Trinajstić information content (AvgIpc) is 3.20. The van der Waals surface area contributed by atoms with Crippen molar-refractivity contribution in [2.24, 2.45) is 0 Å². The number of methoxy groups -OCH3 is 3. The Morgan fingerprint density at radius 3 is 1.44 bits per heavy atom. The standard InChI is InChI=1S/C24H24N4O4S.C17H18N4O/c1-16-25-23-14-5-17(27-33(29,30)21-12-10-20(32-4)11-13-21)15-22(23)24(26-16)28(2)18-6-8-19(31-3)9-7-18;1-11-19-16-9-4-12(18)10-15(16)17(20-11)21(2)13-5-7-14(22-3)8-6-13/h5-15,27H,1-4H3;4-10H,18H2,1-3H3. The first-order chi connectivity index (χ1) is 26.4. The molecule has 7 aromatic rings. The number of nitrogens with zero attached hydrogens (tertiary/aromatic N) is 6. The summed E-state index contributed by atoms with van der Waals surface area (Å²) in [5.74, 6) is 5.00. The van der Waals surface area contributed by atoms with E-state index < -0.39 is 10.0 Å². The third kappa shape index (κ3) is 8.60. The van der Waals surface area contributed by atoms with Gasteiger partial charge in [-0.05, 0) is 123 Å². The van der Waals surface area contributed by atoms with Gasteiger partial charge in [-0.3, -0.25) is 4.72 Å². The Balaban J connectivity index is 0.000000203. The molecule has 0 aliphatic rings. The van der Waals surface area contributed by atoms with E-state index in [0.717, 1.165) is 45.4 Å². The van der Waals surface area contributed by atoms with E-state index in [1.807, 2.05) is 104 Å². The zero-order valence-electron chi connectivity index (χ0n) is 31.6. The number of anilines is 6. The van der Waals surface area contributed by atoms with Crippen LogP contribution in [-0.2, 0) is 10.0 Å². The normalized spacial score (nSPS) is 11.0. The molecule has 0 amide bonds. The van der Waals surface area contributed by atoms with Gasteiger partial charge in [0.15, 0.2) is 0 Å². The molecule has 282 valence electrons. The van der Waals surface area contributed by atoms with Crippen LogP contribution in [0.15, 0.2) is 114 Å². The van der Waals surface area contributed by atoms with E-state index in [-0.39, 0.29) is 4.90 Å². The fraction of sp³-hybridized carbons (Fsp3) is 0.171. The molecule has 0 aliphatic heterocycles. The number of hydrogen-bond acceptors (Lipinski definition) is 12. The molecule has 55 heavy (non-hydrogen) atoms. The first-order valence-electron chi connectivity index (χ1n) is 17.1. The van der Waals surface area contributed by atoms with E-state index in [4.69, 9.17) is 19.9 Å². The lowest BCUT2D eigenvalue weighted by molar-refractivity contribution is 0.414. The number of nitrogen functional groups attached to an aromatic ring is 1. The van der Waals surface area contributed by atoms with E-state index in [9.17, 15) is 8.42 Å². The van der Waals surface area contributed by atoms with Crippen LogP contribution in [0.2, 0.25) is 0 Å². The summed E-state index contributed by atoms with van der Waals surface area (Å²) < 4.78 is 44.0. The second kappa shape index (κ2) is 16.1. The van der Waals surface area contributed by atoms with Crippen molar-refractivity contribution in [3.63, 3.8) is 0 Å². The van der Waals surface area contributed by atoms with Crippen LogP contribution in [0.1, 0.15) is 11.6 Å². The quantitative estimate of drug-likeness (QED) is 0.131. The van der Waals surface area contributed by atoms with Crippen molar-refractivity contribution >= 4 is 66.2 Å². The highest BCUT2D eigenvalue weighted by molar-refractivity contribution is 7.92. The number of aryl methyl sites for hydroxylation is 2. The Labute approximate surface area is 320 Å². The third-order valence-corrected chi connectivity index (χ3v) is 10.2. The number of ether oxygens (including phenoxy) is 3. The zero-order chi connectivity index (χ0) is 39.3. The van der Waals surface area contributed by atoms with Gasteiger partial charge in [0.1, 0.15) is 40.5 Å². The molecule has 0 atom stereocenters. The van der Waals surface area contributed by atoms with E-state index in [2.05, 4.69) is 24.7 Å². The minimum Gasteiger partial charge on any atom is -0.497 e. The maximum absolute atomic E-state index is 12.9. The zero-order valence-corrected chi connectivity index (χ0v) is 32.4. The number of nitrogens with two attached hydrogens (primary N) is 1. The van der Waals surface area contributed by atoms with E-state index >= 15 is 0 Å². The second-order valence-corrected chi connectivity index (χ2v) is 14.2. The van der Waals surface area contributed by atoms with Gasteiger partial charge in [0.2, 0.25) is 0 Å². The molecule has 0 unspecified atom stereocenters. The Morgan fingerprint density at radius 1 is 0.564 bits per heavy atom. The average molecular weight is 759 g/mol. The van der Waals surface area contributed by atoms with Crippen molar-refractivity contribution < 1.29 is 22.6 Å². The van der Waals surface area contributed by atoms with Gasteiger partial charge in [-0.15, -0.1) is 0 Å². The van der Waals surface area contributed by atoms with Crippen LogP contribution in [0.4, 0.5) is 34.4 Å². The third-order valence-electron chi connectivity index (χ3n) is 8.78. The predicted molar refractivity (Wildman–Crippen MR) is 219 cm³/mol. The smallest absolute Gasteiger partial charge is 0.261 e. The maximum Gasteiger partial charge on any atom is 0.261 e. The molecular weight excluding hydrogens is 717 g/mol. The predicted octanol–water partition coefficient (Wildman–Crippen LogP) is 7.82. The second-order valence-electron chi connectivity index (χ2n) is 12.5. The molecule has 0 bridgehead atoms. The largest absolute Gasteiger partial charge is 0.497 e. The van der Waals surface area contributed by atoms with Gasteiger partial charge in [-0.2, -0.15) is 0 Å². The van der Waals surface area contributed by atoms with Crippen molar-refractivity contribution in [3.8, 4) is 17.2 Å². The highest BCUT2D eigenvalue weighted by Gasteiger charge is 2.18. The molecule has 7 rings (SSSR count). The molecule has 0 saturated heterocycles. The van der Waals surface area contributed by atoms with Crippen molar-refractivity contribution in [1.82, 2.24) is 19.9 Å². The number of benzene rings is 5. The summed E-state index contributed by atoms with van der Waals surface area (Å²) in [7, 11) is 4.90. The summed E-state index contributed by atoms with van der Waals surface area (Å²) >= 11 is 0. The van der Waals surface area contributed by atoms with Crippen LogP contribution in [0.3, 0.4) is 0 Å². The van der Waals surface area contributed by atoms with Gasteiger partial charge in [0.05, 0.1) is 37.3 Å². The SMILES string of the molecule is COc1ccc(N(C)c2nc(C)nc3ccc(N)cc23)cc1.COc1ccc(N(C)c2nc(C)nc3ccc(NS(=O)(=O)c4ccc(OC)cc4)cc23)cc1. The number of aromatic nitrogens is 4. The first-order valence-corrected chi connectivity index (χ1v) is 18.6. The molecule has 0 fully saturated rings. The molecule has 13 nitrogen and oxygen atoms in total. The van der Waals surface area contributed by atoms with Gasteiger partial charge in [0, 0.05) is 47.6 Å². The molecule has 14 heteroatoms. The Hall–Kier alpha value is -6.67. The van der Waals surface area contributed by atoms with E-state index in [0.29, 0.717) is 39.7 Å². The van der Waals surface area contributed by atoms with Gasteiger partial charge in [-0.1, -0.05) is 0 Å². The molecule has 0 spiro atoms. The van der Waals surface area contributed by atoms with Crippen molar-refractivity contribution in [1.29, 1.82) is 0 Å². The van der Waals surface area contributed by atoms with Gasteiger partial charge < -0.3 is 29.7 Å². The van der Waals surface area contributed by atoms with Gasteiger partial charge in [-0.25, -0.2) is 28.4 Å². The Bertz CT molecular complexity index is 2550. The summed E-state index contributed by atoms with van der Waals surface area (Å²) in [6, 6.07) is 32.5. The number of fused-ring (bicyclic) bond motifs is 2. The van der Waals surface area contributed by atoms with E-state index in [1.165, 1.54) is 19.2 Å². The van der Waals surface area contributed by atoms with Crippen LogP contribution in [0, 0.1) is 13.8 Å². The van der Waals surface area contributed by atoms with Crippen molar-refractivity contribution in [2.45, 2.75) is 18.7 Å². The van der Waals surface area contributed by atoms with Crippen LogP contribution < -0.4 is 34.5 Å². The molecule has 0 saturated carbocycles. The summed E-state index contributed by atoms with van der Waals surface area (Å²) in [5.41, 5.74) is 10.5. The first kappa shape index (κ1) is 38.1. The van der Waals surface area contributed by atoms with Crippen LogP contribution >= 0.6 is 0 Å². The Morgan fingerprint density at radius 2 is 0.982 bits per heavy atom. The molecule has 2 heterocycles. The monoisotopic (exact) mass is 758 g/mol. The summed E-state index contributed by atoms with van der Waals surface area (Å²) in [6.07, 6.45) is 0. The minimum atomic E-state index is -3.78. The van der Waals surface area contributed by atoms with Gasteiger partial charge >= 0.3 is 0 Å². The number of nitrogens with one attached hydrogen (secondary N) is 1. The Kier molecular flexibility index (Phi) is 11.2. The summed E-state index contributed by atoms with van der Waals surface area (Å²) in [4.78, 5) is 22.3. The lowest BCUT2D eigenvalue weighted by Crippen LogP contribution is -2.14. The van der Waals surface area contributed by atoms with Crippen LogP contribution in [0.25, 0.3) is 21.8 Å². The molecule has 0 aliphatic carbocycles. The summed E-state index contributed by atoms with van der Waals surface area (Å²) in [5, 5.41) is 1.65. The van der Waals surface area contributed by atoms with Crippen molar-refractivity contribution in [3.05, 3.63) is 121 Å². The maximum atomic E-state index is 12.9. The van der Waals surface area contributed by atoms with Gasteiger partial charge in [0.25, 0.3) is 10.0 Å². The highest BCUT2D eigenvalue weighted by atomic mass is 32.2. The fourth-order valence-electron chi connectivity index (χ4n) is 5.87. The van der Waals surface area contributed by atoms with E-state index in [1.54, 1.807) is 44.6 Å². The lowest BCUT2D eigenvalue weighted by atomic mass is 10.2. The lowest BCUT2D eigenvalue weighted by Gasteiger charge is -2.21. The van der Waals surface area contributed by atoms with Crippen LogP contribution in [0.5, 0.6) is 17.2 Å².